The molecule has 3 aromatic carbocycles. The summed E-state index contributed by atoms with van der Waals surface area (Å²) in [6.07, 6.45) is 2.76. The van der Waals surface area contributed by atoms with Gasteiger partial charge in [0.2, 0.25) is 6.10 Å². The second-order valence-electron chi connectivity index (χ2n) is 8.66. The third-order valence-electron chi connectivity index (χ3n) is 6.06. The second kappa shape index (κ2) is 11.1. The van der Waals surface area contributed by atoms with Gasteiger partial charge < -0.3 is 15.6 Å². The maximum Gasteiger partial charge on any atom is 0.347 e. The summed E-state index contributed by atoms with van der Waals surface area (Å²) in [7, 11) is 0. The Morgan fingerprint density at radius 2 is 1.55 bits per heavy atom. The van der Waals surface area contributed by atoms with Crippen LogP contribution >= 0.6 is 0 Å². The molecule has 0 aromatic heterocycles. The molecule has 0 aliphatic heterocycles. The molecule has 0 radical (unpaired) electrons. The standard InChI is InChI=1S/C28H32FNO3/c1-20-18-24(29)19-21(2)25(20)33-26(27(31)32)28(30,23-15-9-4-10-16-23)17-11-5-8-14-22-12-6-3-7-13-22/h3-4,6-7,9-10,12-13,15-16,18-19,26H,5,8,11,14,17,30H2,1-2H3,(H,31,32). The molecule has 4 nitrogen and oxygen atoms in total. The minimum Gasteiger partial charge on any atom is -0.478 e. The Bertz CT molecular complexity index is 1030. The summed E-state index contributed by atoms with van der Waals surface area (Å²) in [6, 6.07) is 22.2. The molecule has 174 valence electrons. The van der Waals surface area contributed by atoms with E-state index < -0.39 is 17.6 Å². The molecular formula is C28H32FNO3. The average Bonchev–Trinajstić information content (AvgIpc) is 2.79. The number of hydrogen-bond acceptors (Lipinski definition) is 3. The van der Waals surface area contributed by atoms with E-state index in [-0.39, 0.29) is 5.82 Å². The molecule has 2 unspecified atom stereocenters. The quantitative estimate of drug-likeness (QED) is 0.356. The maximum absolute atomic E-state index is 13.8. The fourth-order valence-electron chi connectivity index (χ4n) is 4.32. The van der Waals surface area contributed by atoms with Gasteiger partial charge >= 0.3 is 5.97 Å². The van der Waals surface area contributed by atoms with Gasteiger partial charge in [-0.25, -0.2) is 9.18 Å². The first-order chi connectivity index (χ1) is 15.8. The lowest BCUT2D eigenvalue weighted by molar-refractivity contribution is -0.149. The molecule has 33 heavy (non-hydrogen) atoms. The predicted molar refractivity (Wildman–Crippen MR) is 129 cm³/mol. The first-order valence-electron chi connectivity index (χ1n) is 11.4. The Kier molecular flexibility index (Phi) is 8.23. The van der Waals surface area contributed by atoms with Crippen molar-refractivity contribution in [3.63, 3.8) is 0 Å². The van der Waals surface area contributed by atoms with Crippen LogP contribution in [0.2, 0.25) is 0 Å². The van der Waals surface area contributed by atoms with Crippen LogP contribution in [0.4, 0.5) is 4.39 Å². The molecule has 0 spiro atoms. The average molecular weight is 450 g/mol. The Balaban J connectivity index is 1.80. The van der Waals surface area contributed by atoms with Crippen LogP contribution in [0.3, 0.4) is 0 Å². The Hall–Kier alpha value is -3.18. The summed E-state index contributed by atoms with van der Waals surface area (Å²) < 4.78 is 19.8. The van der Waals surface area contributed by atoms with Crippen molar-refractivity contribution >= 4 is 5.97 Å². The molecule has 0 fully saturated rings. The summed E-state index contributed by atoms with van der Waals surface area (Å²) in [5.41, 5.74) is 8.68. The number of aryl methyl sites for hydroxylation is 3. The fraction of sp³-hybridized carbons (Fsp3) is 0.321. The Morgan fingerprint density at radius 3 is 2.12 bits per heavy atom. The van der Waals surface area contributed by atoms with Crippen molar-refractivity contribution in [2.75, 3.05) is 0 Å². The molecule has 0 heterocycles. The molecule has 5 heteroatoms. The van der Waals surface area contributed by atoms with E-state index in [9.17, 15) is 14.3 Å². The van der Waals surface area contributed by atoms with Crippen LogP contribution in [0.5, 0.6) is 5.75 Å². The van der Waals surface area contributed by atoms with Gasteiger partial charge in [-0.3, -0.25) is 0 Å². The van der Waals surface area contributed by atoms with Crippen LogP contribution in [0.15, 0.2) is 72.8 Å². The molecule has 3 N–H and O–H groups in total. The maximum atomic E-state index is 13.8. The van der Waals surface area contributed by atoms with E-state index in [1.807, 2.05) is 48.5 Å². The van der Waals surface area contributed by atoms with Crippen molar-refractivity contribution in [3.8, 4) is 5.75 Å². The highest BCUT2D eigenvalue weighted by atomic mass is 19.1. The highest BCUT2D eigenvalue weighted by Gasteiger charge is 2.43. The van der Waals surface area contributed by atoms with Crippen LogP contribution in [0.1, 0.15) is 47.9 Å². The van der Waals surface area contributed by atoms with Gasteiger partial charge in [-0.15, -0.1) is 0 Å². The summed E-state index contributed by atoms with van der Waals surface area (Å²) in [6.45, 7) is 3.41. The number of halogens is 1. The van der Waals surface area contributed by atoms with E-state index in [0.717, 1.165) is 25.7 Å². The normalized spacial score (nSPS) is 13.8. The second-order valence-corrected chi connectivity index (χ2v) is 8.66. The summed E-state index contributed by atoms with van der Waals surface area (Å²) in [5.74, 6) is -1.17. The number of nitrogens with two attached hydrogens (primary N) is 1. The number of aliphatic carboxylic acids is 1. The molecule has 2 atom stereocenters. The third-order valence-corrected chi connectivity index (χ3v) is 6.06. The van der Waals surface area contributed by atoms with Gasteiger partial charge in [-0.1, -0.05) is 73.5 Å². The van der Waals surface area contributed by atoms with Crippen molar-refractivity contribution in [2.45, 2.75) is 57.6 Å². The highest BCUT2D eigenvalue weighted by molar-refractivity contribution is 5.75. The van der Waals surface area contributed by atoms with Crippen molar-refractivity contribution in [1.82, 2.24) is 0 Å². The van der Waals surface area contributed by atoms with Gasteiger partial charge in [-0.05, 0) is 67.5 Å². The van der Waals surface area contributed by atoms with Gasteiger partial charge in [0.15, 0.2) is 0 Å². The predicted octanol–water partition coefficient (Wildman–Crippen LogP) is 5.93. The lowest BCUT2D eigenvalue weighted by atomic mass is 9.80. The van der Waals surface area contributed by atoms with Crippen LogP contribution in [0.25, 0.3) is 0 Å². The lowest BCUT2D eigenvalue weighted by Gasteiger charge is -2.36. The largest absolute Gasteiger partial charge is 0.478 e. The van der Waals surface area contributed by atoms with Gasteiger partial charge in [0.1, 0.15) is 11.6 Å². The van der Waals surface area contributed by atoms with Crippen LogP contribution in [-0.4, -0.2) is 17.2 Å². The van der Waals surface area contributed by atoms with Gasteiger partial charge in [-0.2, -0.15) is 0 Å². The zero-order chi connectivity index (χ0) is 23.8. The smallest absolute Gasteiger partial charge is 0.347 e. The minimum absolute atomic E-state index is 0.360. The van der Waals surface area contributed by atoms with Crippen molar-refractivity contribution < 1.29 is 19.0 Å². The number of carboxylic acid groups (broad SMARTS) is 1. The van der Waals surface area contributed by atoms with E-state index in [1.165, 1.54) is 17.7 Å². The van der Waals surface area contributed by atoms with Crippen LogP contribution < -0.4 is 10.5 Å². The van der Waals surface area contributed by atoms with E-state index in [4.69, 9.17) is 10.5 Å². The van der Waals surface area contributed by atoms with Crippen LogP contribution in [0, 0.1) is 19.7 Å². The first kappa shape index (κ1) is 24.5. The molecule has 0 amide bonds. The summed E-state index contributed by atoms with van der Waals surface area (Å²) in [4.78, 5) is 12.4. The Morgan fingerprint density at radius 1 is 0.970 bits per heavy atom. The van der Waals surface area contributed by atoms with Crippen molar-refractivity contribution in [2.24, 2.45) is 5.73 Å². The van der Waals surface area contributed by atoms with E-state index in [0.29, 0.717) is 28.9 Å². The van der Waals surface area contributed by atoms with E-state index >= 15 is 0 Å². The van der Waals surface area contributed by atoms with Crippen LogP contribution in [-0.2, 0) is 16.8 Å². The molecule has 3 rings (SSSR count). The monoisotopic (exact) mass is 449 g/mol. The molecule has 0 aliphatic carbocycles. The molecule has 0 saturated heterocycles. The van der Waals surface area contributed by atoms with E-state index in [2.05, 4.69) is 12.1 Å². The number of rotatable bonds is 11. The topological polar surface area (TPSA) is 72.5 Å². The highest BCUT2D eigenvalue weighted by Crippen LogP contribution is 2.34. The van der Waals surface area contributed by atoms with Gasteiger partial charge in [0.25, 0.3) is 0 Å². The molecule has 0 aliphatic rings. The number of carbonyl (C=O) groups is 1. The molecule has 0 saturated carbocycles. The molecule has 3 aromatic rings. The number of hydrogen-bond donors (Lipinski definition) is 2. The van der Waals surface area contributed by atoms with Crippen molar-refractivity contribution in [1.29, 1.82) is 0 Å². The van der Waals surface area contributed by atoms with Crippen molar-refractivity contribution in [3.05, 3.63) is 101 Å². The van der Waals surface area contributed by atoms with Gasteiger partial charge in [0, 0.05) is 0 Å². The third kappa shape index (κ3) is 6.20. The van der Waals surface area contributed by atoms with Gasteiger partial charge in [0.05, 0.1) is 5.54 Å². The zero-order valence-electron chi connectivity index (χ0n) is 19.3. The fourth-order valence-corrected chi connectivity index (χ4v) is 4.32. The minimum atomic E-state index is -1.32. The summed E-state index contributed by atoms with van der Waals surface area (Å²) in [5, 5.41) is 10.1. The Labute approximate surface area is 195 Å². The van der Waals surface area contributed by atoms with E-state index in [1.54, 1.807) is 13.8 Å². The molecule has 0 bridgehead atoms. The number of unbranched alkanes of at least 4 members (excludes halogenated alkanes) is 2. The summed E-state index contributed by atoms with van der Waals surface area (Å²) >= 11 is 0. The number of carboxylic acids is 1. The number of benzene rings is 3. The zero-order valence-corrected chi connectivity index (χ0v) is 19.3. The SMILES string of the molecule is Cc1cc(F)cc(C)c1OC(C(=O)O)C(N)(CCCCCc1ccccc1)c1ccccc1. The first-order valence-corrected chi connectivity index (χ1v) is 11.4. The molecular weight excluding hydrogens is 417 g/mol. The number of ether oxygens (including phenoxy) is 1. The lowest BCUT2D eigenvalue weighted by Crippen LogP contribution is -2.54.